The number of unbranched alkanes of at least 4 members (excludes halogenated alkanes) is 46. The zero-order chi connectivity index (χ0) is 73.0. The van der Waals surface area contributed by atoms with Gasteiger partial charge < -0.3 is 33.8 Å². The molecule has 0 aromatic carbocycles. The minimum absolute atomic E-state index is 0.104. The van der Waals surface area contributed by atoms with Crippen molar-refractivity contribution in [2.75, 3.05) is 39.6 Å². The second kappa shape index (κ2) is 70.4. The highest BCUT2D eigenvalue weighted by molar-refractivity contribution is 7.47. The topological polar surface area (TPSA) is 237 Å². The summed E-state index contributed by atoms with van der Waals surface area (Å²) >= 11 is 0. The molecule has 588 valence electrons. The van der Waals surface area contributed by atoms with Gasteiger partial charge in [0.1, 0.15) is 19.3 Å². The number of aliphatic hydroxyl groups excluding tert-OH is 1. The van der Waals surface area contributed by atoms with Crippen LogP contribution in [0.15, 0.2) is 0 Å². The SMILES string of the molecule is CCCCCCCCCCCCCCCCCCCCCCCCC(=O)O[C@H](COC(=O)CCCCCCCCCCCCCCCC(C)C)COP(=O)(O)OC[C@@H](O)COP(=O)(O)OC[C@@H](COC(=O)CCCCCCCCC(C)C)OC(=O)CCCCCCCCCCCC(C)C. The van der Waals surface area contributed by atoms with Crippen molar-refractivity contribution in [2.45, 2.75) is 433 Å². The number of phosphoric ester groups is 2. The van der Waals surface area contributed by atoms with Crippen molar-refractivity contribution in [3.05, 3.63) is 0 Å². The molecular weight excluding hydrogens is 1290 g/mol. The average molecular weight is 1450 g/mol. The van der Waals surface area contributed by atoms with Crippen molar-refractivity contribution in [1.29, 1.82) is 0 Å². The zero-order valence-corrected chi connectivity index (χ0v) is 66.8. The molecule has 0 aromatic heterocycles. The highest BCUT2D eigenvalue weighted by Gasteiger charge is 2.30. The lowest BCUT2D eigenvalue weighted by atomic mass is 10.0. The van der Waals surface area contributed by atoms with Crippen LogP contribution < -0.4 is 0 Å². The van der Waals surface area contributed by atoms with Crippen LogP contribution in [-0.4, -0.2) is 96.7 Å². The maximum absolute atomic E-state index is 13.1. The number of esters is 4. The van der Waals surface area contributed by atoms with Gasteiger partial charge in [-0.3, -0.25) is 37.3 Å². The van der Waals surface area contributed by atoms with Crippen LogP contribution in [0.1, 0.15) is 414 Å². The van der Waals surface area contributed by atoms with Gasteiger partial charge >= 0.3 is 39.5 Å². The molecule has 19 heteroatoms. The molecule has 0 radical (unpaired) electrons. The summed E-state index contributed by atoms with van der Waals surface area (Å²) < 4.78 is 68.6. The smallest absolute Gasteiger partial charge is 0.462 e. The lowest BCUT2D eigenvalue weighted by Crippen LogP contribution is -2.30. The van der Waals surface area contributed by atoms with Gasteiger partial charge in [-0.2, -0.15) is 0 Å². The van der Waals surface area contributed by atoms with Gasteiger partial charge in [-0.1, -0.05) is 363 Å². The molecule has 99 heavy (non-hydrogen) atoms. The van der Waals surface area contributed by atoms with Crippen LogP contribution in [0.25, 0.3) is 0 Å². The summed E-state index contributed by atoms with van der Waals surface area (Å²) in [5.41, 5.74) is 0. The van der Waals surface area contributed by atoms with Gasteiger partial charge in [0, 0.05) is 25.7 Å². The van der Waals surface area contributed by atoms with Crippen LogP contribution in [0.4, 0.5) is 0 Å². The lowest BCUT2D eigenvalue weighted by molar-refractivity contribution is -0.161. The van der Waals surface area contributed by atoms with E-state index in [0.717, 1.165) is 108 Å². The average Bonchev–Trinajstić information content (AvgIpc) is 1.36. The lowest BCUT2D eigenvalue weighted by Gasteiger charge is -2.21. The predicted octanol–water partition coefficient (Wildman–Crippen LogP) is 23.7. The van der Waals surface area contributed by atoms with Crippen molar-refractivity contribution < 1.29 is 80.2 Å². The molecule has 0 amide bonds. The normalized spacial score (nSPS) is 14.0. The van der Waals surface area contributed by atoms with Gasteiger partial charge in [0.15, 0.2) is 12.2 Å². The molecule has 0 rings (SSSR count). The van der Waals surface area contributed by atoms with Crippen LogP contribution in [0, 0.1) is 17.8 Å². The van der Waals surface area contributed by atoms with Crippen molar-refractivity contribution >= 4 is 39.5 Å². The fourth-order valence-electron chi connectivity index (χ4n) is 12.3. The molecule has 0 fully saturated rings. The molecule has 0 aliphatic heterocycles. The molecule has 0 bridgehead atoms. The Balaban J connectivity index is 5.19. The number of carbonyl (C=O) groups is 4. The maximum Gasteiger partial charge on any atom is 0.472 e. The van der Waals surface area contributed by atoms with Gasteiger partial charge in [-0.05, 0) is 43.4 Å². The van der Waals surface area contributed by atoms with E-state index in [4.69, 9.17) is 37.0 Å². The van der Waals surface area contributed by atoms with Crippen molar-refractivity contribution in [3.8, 4) is 0 Å². The molecule has 5 atom stereocenters. The van der Waals surface area contributed by atoms with E-state index in [0.29, 0.717) is 31.6 Å². The molecule has 0 saturated heterocycles. The van der Waals surface area contributed by atoms with Crippen LogP contribution in [0.2, 0.25) is 0 Å². The van der Waals surface area contributed by atoms with E-state index in [1.807, 2.05) is 0 Å². The van der Waals surface area contributed by atoms with Crippen molar-refractivity contribution in [3.63, 3.8) is 0 Å². The summed E-state index contributed by atoms with van der Waals surface area (Å²) in [6.07, 6.45) is 58.7. The van der Waals surface area contributed by atoms with Crippen molar-refractivity contribution in [1.82, 2.24) is 0 Å². The fraction of sp³-hybridized carbons (Fsp3) is 0.950. The van der Waals surface area contributed by atoms with E-state index in [1.165, 1.54) is 218 Å². The van der Waals surface area contributed by atoms with Gasteiger partial charge in [0.05, 0.1) is 26.4 Å². The third-order valence-corrected chi connectivity index (χ3v) is 20.5. The molecule has 0 aliphatic rings. The molecule has 0 aliphatic carbocycles. The van der Waals surface area contributed by atoms with E-state index in [-0.39, 0.29) is 25.7 Å². The summed E-state index contributed by atoms with van der Waals surface area (Å²) in [6, 6.07) is 0. The Hall–Kier alpha value is -1.94. The Morgan fingerprint density at radius 1 is 0.273 bits per heavy atom. The third-order valence-electron chi connectivity index (χ3n) is 18.6. The van der Waals surface area contributed by atoms with Gasteiger partial charge in [0.2, 0.25) is 0 Å². The van der Waals surface area contributed by atoms with Crippen LogP contribution in [0.5, 0.6) is 0 Å². The van der Waals surface area contributed by atoms with Gasteiger partial charge in [0.25, 0.3) is 0 Å². The molecule has 3 N–H and O–H groups in total. The van der Waals surface area contributed by atoms with Crippen LogP contribution >= 0.6 is 15.6 Å². The van der Waals surface area contributed by atoms with E-state index in [2.05, 4.69) is 48.5 Å². The Bertz CT molecular complexity index is 1920. The number of carbonyl (C=O) groups excluding carboxylic acids is 4. The predicted molar refractivity (Wildman–Crippen MR) is 405 cm³/mol. The Labute approximate surface area is 607 Å². The summed E-state index contributed by atoms with van der Waals surface area (Å²) in [6.45, 7) is 11.8. The summed E-state index contributed by atoms with van der Waals surface area (Å²) in [7, 11) is -9.92. The number of phosphoric acid groups is 2. The molecule has 0 aromatic rings. The van der Waals surface area contributed by atoms with E-state index in [1.54, 1.807) is 0 Å². The van der Waals surface area contributed by atoms with E-state index >= 15 is 0 Å². The minimum atomic E-state index is -4.96. The fourth-order valence-corrected chi connectivity index (χ4v) is 13.9. The highest BCUT2D eigenvalue weighted by Crippen LogP contribution is 2.45. The molecular formula is C80H156O17P2. The number of rotatable bonds is 78. The second-order valence-corrected chi connectivity index (χ2v) is 33.1. The first-order valence-electron chi connectivity index (χ1n) is 41.3. The molecule has 0 spiro atoms. The van der Waals surface area contributed by atoms with E-state index in [9.17, 15) is 43.2 Å². The van der Waals surface area contributed by atoms with Crippen LogP contribution in [0.3, 0.4) is 0 Å². The molecule has 2 unspecified atom stereocenters. The largest absolute Gasteiger partial charge is 0.472 e. The Morgan fingerprint density at radius 3 is 0.687 bits per heavy atom. The first-order valence-corrected chi connectivity index (χ1v) is 44.3. The zero-order valence-electron chi connectivity index (χ0n) is 65.0. The first-order chi connectivity index (χ1) is 47.7. The van der Waals surface area contributed by atoms with Crippen molar-refractivity contribution in [2.24, 2.45) is 17.8 Å². The highest BCUT2D eigenvalue weighted by atomic mass is 31.2. The van der Waals surface area contributed by atoms with E-state index < -0.39 is 97.5 Å². The number of ether oxygens (including phenoxy) is 4. The number of hydrogen-bond acceptors (Lipinski definition) is 15. The monoisotopic (exact) mass is 1450 g/mol. The van der Waals surface area contributed by atoms with Gasteiger partial charge in [-0.15, -0.1) is 0 Å². The quantitative estimate of drug-likeness (QED) is 0.0222. The first kappa shape index (κ1) is 97.1. The summed E-state index contributed by atoms with van der Waals surface area (Å²) in [4.78, 5) is 72.9. The van der Waals surface area contributed by atoms with Gasteiger partial charge in [-0.25, -0.2) is 9.13 Å². The molecule has 0 heterocycles. The summed E-state index contributed by atoms with van der Waals surface area (Å²) in [5, 5.41) is 10.6. The number of hydrogen-bond donors (Lipinski definition) is 3. The standard InChI is InChI=1S/C80H156O17P2/c1-8-9-10-11-12-13-14-15-16-17-18-19-20-21-22-23-26-30-35-40-49-56-63-79(84)96-75(67-90-77(82)61-54-47-39-34-29-27-24-25-28-32-37-44-51-58-71(2)3)69-94-98(86,87)92-65-74(81)66-93-99(88,89)95-70-76(68-91-78(83)62-55-48-43-42-46-53-60-73(6)7)97-80(85)64-57-50-41-36-31-33-38-45-52-59-72(4)5/h71-76,81H,8-70H2,1-7H3,(H,86,87)(H,88,89)/t74-,75-,76-/m1/s1. The molecule has 17 nitrogen and oxygen atoms in total. The third kappa shape index (κ3) is 74.1. The Morgan fingerprint density at radius 2 is 0.465 bits per heavy atom. The Kier molecular flexibility index (Phi) is 69.0. The molecule has 0 saturated carbocycles. The maximum atomic E-state index is 13.1. The number of aliphatic hydroxyl groups is 1. The van der Waals surface area contributed by atoms with Crippen LogP contribution in [-0.2, 0) is 65.4 Å². The second-order valence-electron chi connectivity index (χ2n) is 30.2. The minimum Gasteiger partial charge on any atom is -0.462 e. The summed E-state index contributed by atoms with van der Waals surface area (Å²) in [5.74, 6) is 0.0895.